The smallest absolute Gasteiger partial charge is 0.340 e. The number of Topliss-reactive ketones (excluding diaryl/α,β-unsaturated/α-hetero) is 1. The Morgan fingerprint density at radius 2 is 2.04 bits per heavy atom. The maximum atomic E-state index is 13.1. The Morgan fingerprint density at radius 1 is 1.28 bits per heavy atom. The van der Waals surface area contributed by atoms with Crippen molar-refractivity contribution in [3.8, 4) is 0 Å². The second kappa shape index (κ2) is 5.20. The number of anilines is 1. The number of allylic oxidation sites excluding steroid dienone is 1. The Hall–Kier alpha value is -3.09. The lowest BCUT2D eigenvalue weighted by atomic mass is 9.65. The predicted molar refractivity (Wildman–Crippen MR) is 86.9 cm³/mol. The first kappa shape index (κ1) is 15.4. The molecular formula is C18H16N2O5. The molecule has 1 atom stereocenters. The van der Waals surface area contributed by atoms with Gasteiger partial charge in [0.1, 0.15) is 11.0 Å². The third-order valence-corrected chi connectivity index (χ3v) is 4.95. The zero-order valence-electron chi connectivity index (χ0n) is 13.5. The van der Waals surface area contributed by atoms with Crippen molar-refractivity contribution >= 4 is 23.3 Å². The van der Waals surface area contributed by atoms with Gasteiger partial charge >= 0.3 is 5.97 Å². The molecule has 1 aromatic carbocycles. The summed E-state index contributed by atoms with van der Waals surface area (Å²) in [6.07, 6.45) is 1.35. The maximum Gasteiger partial charge on any atom is 0.340 e. The van der Waals surface area contributed by atoms with E-state index in [4.69, 9.17) is 15.2 Å². The van der Waals surface area contributed by atoms with Crippen LogP contribution in [-0.2, 0) is 29.3 Å². The highest BCUT2D eigenvalue weighted by Gasteiger charge is 2.60. The van der Waals surface area contributed by atoms with E-state index in [1.807, 2.05) is 0 Å². The van der Waals surface area contributed by atoms with Crippen molar-refractivity contribution in [1.29, 1.82) is 0 Å². The molecule has 25 heavy (non-hydrogen) atoms. The molecule has 0 aromatic heterocycles. The van der Waals surface area contributed by atoms with Gasteiger partial charge in [0.05, 0.1) is 7.11 Å². The van der Waals surface area contributed by atoms with Crippen LogP contribution in [0.15, 0.2) is 47.1 Å². The number of ether oxygens (including phenoxy) is 2. The predicted octanol–water partition coefficient (Wildman–Crippen LogP) is 1.26. The molecule has 0 radical (unpaired) electrons. The second-order valence-corrected chi connectivity index (χ2v) is 6.17. The third kappa shape index (κ3) is 1.83. The fraction of sp³-hybridized carbons (Fsp3) is 0.278. The maximum absolute atomic E-state index is 13.1. The van der Waals surface area contributed by atoms with Gasteiger partial charge in [-0.15, -0.1) is 0 Å². The number of hydrogen-bond acceptors (Lipinski definition) is 6. The fourth-order valence-corrected chi connectivity index (χ4v) is 3.96. The quantitative estimate of drug-likeness (QED) is 0.745. The molecule has 0 saturated heterocycles. The number of hydrogen-bond donors (Lipinski definition) is 2. The van der Waals surface area contributed by atoms with Crippen LogP contribution in [0.25, 0.3) is 0 Å². The number of nitrogens with one attached hydrogen (secondary N) is 1. The van der Waals surface area contributed by atoms with Crippen LogP contribution in [0.2, 0.25) is 0 Å². The Labute approximate surface area is 143 Å². The molecule has 0 bridgehead atoms. The number of esters is 1. The van der Waals surface area contributed by atoms with Gasteiger partial charge in [-0.1, -0.05) is 18.2 Å². The minimum atomic E-state index is -1.49. The molecule has 0 unspecified atom stereocenters. The summed E-state index contributed by atoms with van der Waals surface area (Å²) in [5, 5.41) is 2.80. The van der Waals surface area contributed by atoms with Gasteiger partial charge < -0.3 is 20.5 Å². The largest absolute Gasteiger partial charge is 0.465 e. The van der Waals surface area contributed by atoms with E-state index < -0.39 is 17.3 Å². The summed E-state index contributed by atoms with van der Waals surface area (Å²) in [5.74, 6) is -1.60. The van der Waals surface area contributed by atoms with Gasteiger partial charge in [-0.05, 0) is 18.9 Å². The minimum absolute atomic E-state index is 0.0725. The highest BCUT2D eigenvalue weighted by molar-refractivity contribution is 6.18. The lowest BCUT2D eigenvalue weighted by Crippen LogP contribution is -2.47. The molecule has 4 rings (SSSR count). The van der Waals surface area contributed by atoms with Crippen LogP contribution in [-0.4, -0.2) is 24.8 Å². The van der Waals surface area contributed by atoms with Crippen molar-refractivity contribution in [2.75, 3.05) is 12.4 Å². The molecule has 1 spiro atoms. The van der Waals surface area contributed by atoms with E-state index >= 15 is 0 Å². The SMILES string of the molecule is COC(=O)C1=C(N)OC2=C(CCCC2=O)[C@]12C(=O)Nc1ccccc12. The summed E-state index contributed by atoms with van der Waals surface area (Å²) in [7, 11) is 1.21. The molecule has 0 saturated carbocycles. The summed E-state index contributed by atoms with van der Waals surface area (Å²) in [6.45, 7) is 0. The van der Waals surface area contributed by atoms with E-state index in [9.17, 15) is 14.4 Å². The van der Waals surface area contributed by atoms with Gasteiger partial charge in [0.15, 0.2) is 11.5 Å². The number of ketones is 1. The average Bonchev–Trinajstić information content (AvgIpc) is 2.89. The summed E-state index contributed by atoms with van der Waals surface area (Å²) in [5.41, 5.74) is 6.05. The van der Waals surface area contributed by atoms with Crippen LogP contribution in [0.3, 0.4) is 0 Å². The first-order valence-electron chi connectivity index (χ1n) is 7.96. The van der Waals surface area contributed by atoms with Crippen LogP contribution in [0.1, 0.15) is 24.8 Å². The molecule has 2 heterocycles. The number of amides is 1. The average molecular weight is 340 g/mol. The topological polar surface area (TPSA) is 108 Å². The van der Waals surface area contributed by atoms with Crippen molar-refractivity contribution in [2.24, 2.45) is 5.73 Å². The molecule has 7 nitrogen and oxygen atoms in total. The zero-order valence-corrected chi connectivity index (χ0v) is 13.5. The fourth-order valence-electron chi connectivity index (χ4n) is 3.96. The molecule has 1 aromatic rings. The van der Waals surface area contributed by atoms with Crippen molar-refractivity contribution in [3.63, 3.8) is 0 Å². The van der Waals surface area contributed by atoms with Gasteiger partial charge in [-0.2, -0.15) is 0 Å². The summed E-state index contributed by atoms with van der Waals surface area (Å²) < 4.78 is 10.4. The van der Waals surface area contributed by atoms with Crippen molar-refractivity contribution in [2.45, 2.75) is 24.7 Å². The summed E-state index contributed by atoms with van der Waals surface area (Å²) in [6, 6.07) is 7.04. The van der Waals surface area contributed by atoms with E-state index in [2.05, 4.69) is 5.32 Å². The molecule has 3 N–H and O–H groups in total. The monoisotopic (exact) mass is 340 g/mol. The Morgan fingerprint density at radius 3 is 2.80 bits per heavy atom. The van der Waals surface area contributed by atoms with Crippen molar-refractivity contribution in [3.05, 3.63) is 52.6 Å². The number of methoxy groups -OCH3 is 1. The van der Waals surface area contributed by atoms with Gasteiger partial charge in [0, 0.05) is 23.2 Å². The Bertz CT molecular complexity index is 898. The van der Waals surface area contributed by atoms with Crippen LogP contribution in [0.4, 0.5) is 5.69 Å². The second-order valence-electron chi connectivity index (χ2n) is 6.17. The molecule has 128 valence electrons. The number of carbonyl (C=O) groups is 3. The minimum Gasteiger partial charge on any atom is -0.465 e. The lowest BCUT2D eigenvalue weighted by Gasteiger charge is -2.38. The molecule has 2 aliphatic heterocycles. The zero-order chi connectivity index (χ0) is 17.8. The highest BCUT2D eigenvalue weighted by Crippen LogP contribution is 2.54. The third-order valence-electron chi connectivity index (χ3n) is 4.95. The van der Waals surface area contributed by atoms with Crippen LogP contribution < -0.4 is 11.1 Å². The van der Waals surface area contributed by atoms with Gasteiger partial charge in [-0.25, -0.2) is 4.79 Å². The number of carbonyl (C=O) groups excluding carboxylic acids is 3. The van der Waals surface area contributed by atoms with Crippen LogP contribution in [0, 0.1) is 0 Å². The van der Waals surface area contributed by atoms with Gasteiger partial charge in [0.25, 0.3) is 0 Å². The normalized spacial score (nSPS) is 24.7. The van der Waals surface area contributed by atoms with E-state index in [1.165, 1.54) is 7.11 Å². The lowest BCUT2D eigenvalue weighted by molar-refractivity contribution is -0.139. The van der Waals surface area contributed by atoms with Crippen molar-refractivity contribution in [1.82, 2.24) is 0 Å². The van der Waals surface area contributed by atoms with Crippen LogP contribution >= 0.6 is 0 Å². The number of benzene rings is 1. The Balaban J connectivity index is 2.10. The molecule has 1 aliphatic carbocycles. The summed E-state index contributed by atoms with van der Waals surface area (Å²) in [4.78, 5) is 38.0. The summed E-state index contributed by atoms with van der Waals surface area (Å²) >= 11 is 0. The van der Waals surface area contributed by atoms with Crippen molar-refractivity contribution < 1.29 is 23.9 Å². The highest BCUT2D eigenvalue weighted by atomic mass is 16.5. The number of nitrogens with two attached hydrogens (primary N) is 1. The standard InChI is InChI=1S/C18H16N2O5/c1-24-16(22)13-15(19)25-14-10(6-4-8-12(14)21)18(13)9-5-2-3-7-11(9)20-17(18)23/h2-3,5,7H,4,6,8,19H2,1H3,(H,20,23)/t18-/m0/s1. The number of rotatable bonds is 1. The van der Waals surface area contributed by atoms with Gasteiger partial charge in [-0.3, -0.25) is 9.59 Å². The molecule has 3 aliphatic rings. The molecule has 1 amide bonds. The molecule has 7 heteroatoms. The van der Waals surface area contributed by atoms with E-state index in [0.29, 0.717) is 36.1 Å². The van der Waals surface area contributed by atoms with E-state index in [1.54, 1.807) is 24.3 Å². The first-order chi connectivity index (χ1) is 12.0. The molecule has 0 fully saturated rings. The number of para-hydroxylation sites is 1. The van der Waals surface area contributed by atoms with E-state index in [-0.39, 0.29) is 23.0 Å². The van der Waals surface area contributed by atoms with E-state index in [0.717, 1.165) is 0 Å². The molecular weight excluding hydrogens is 324 g/mol. The number of fused-ring (bicyclic) bond motifs is 3. The van der Waals surface area contributed by atoms with Crippen LogP contribution in [0.5, 0.6) is 0 Å². The Kier molecular flexibility index (Phi) is 3.21. The first-order valence-corrected chi connectivity index (χ1v) is 7.96. The van der Waals surface area contributed by atoms with Gasteiger partial charge in [0.2, 0.25) is 11.8 Å².